The molecule has 0 amide bonds. The van der Waals surface area contributed by atoms with Crippen molar-refractivity contribution in [1.29, 1.82) is 0 Å². The number of carbonyl (C=O) groups is 3. The summed E-state index contributed by atoms with van der Waals surface area (Å²) < 4.78 is 16.9. The maximum Gasteiger partial charge on any atom is 0.309 e. The van der Waals surface area contributed by atoms with Crippen LogP contribution in [0.5, 0.6) is 0 Å². The van der Waals surface area contributed by atoms with Crippen LogP contribution in [0.2, 0.25) is 0 Å². The molecule has 0 saturated carbocycles. The highest BCUT2D eigenvalue weighted by molar-refractivity contribution is 5.72. The SMILES string of the molecule is CC/C=C\C/C=C\C/C=C\C/C=C\C/C=C\CC(=O)OCC(COC(=O)CCCCCCCCCCCCCCC/C=C\CCCCCCCCCC)OC(=O)CCCCCCCCCCCCCCCCCCCCCCCC. The molecule has 0 radical (unpaired) electrons. The van der Waals surface area contributed by atoms with Crippen LogP contribution in [0.3, 0.4) is 0 Å². The molecule has 0 heterocycles. The van der Waals surface area contributed by atoms with Gasteiger partial charge in [-0.05, 0) is 70.6 Å². The summed E-state index contributed by atoms with van der Waals surface area (Å²) in [6.45, 7) is 6.50. The van der Waals surface area contributed by atoms with Gasteiger partial charge in [0.2, 0.25) is 0 Å². The molecule has 6 nitrogen and oxygen atoms in total. The van der Waals surface area contributed by atoms with Crippen molar-refractivity contribution in [3.8, 4) is 0 Å². The van der Waals surface area contributed by atoms with Gasteiger partial charge in [-0.15, -0.1) is 0 Å². The zero-order chi connectivity index (χ0) is 57.8. The van der Waals surface area contributed by atoms with Gasteiger partial charge < -0.3 is 14.2 Å². The van der Waals surface area contributed by atoms with Gasteiger partial charge >= 0.3 is 17.9 Å². The van der Waals surface area contributed by atoms with E-state index in [0.29, 0.717) is 12.8 Å². The molecule has 0 aliphatic carbocycles. The fourth-order valence-electron chi connectivity index (χ4n) is 10.3. The van der Waals surface area contributed by atoms with E-state index >= 15 is 0 Å². The van der Waals surface area contributed by atoms with E-state index in [9.17, 15) is 14.4 Å². The molecule has 0 saturated heterocycles. The Kier molecular flexibility index (Phi) is 65.7. The van der Waals surface area contributed by atoms with Crippen molar-refractivity contribution in [3.63, 3.8) is 0 Å². The predicted molar refractivity (Wildman–Crippen MR) is 348 cm³/mol. The molecule has 1 atom stereocenters. The van der Waals surface area contributed by atoms with Gasteiger partial charge in [-0.1, -0.05) is 344 Å². The van der Waals surface area contributed by atoms with Crippen LogP contribution in [-0.4, -0.2) is 37.2 Å². The molecule has 0 rings (SSSR count). The minimum atomic E-state index is -0.815. The Morgan fingerprint density at radius 1 is 0.275 bits per heavy atom. The van der Waals surface area contributed by atoms with Crippen LogP contribution in [-0.2, 0) is 28.6 Å². The first-order chi connectivity index (χ1) is 39.5. The summed E-state index contributed by atoms with van der Waals surface area (Å²) in [5.74, 6) is -1.01. The van der Waals surface area contributed by atoms with E-state index in [4.69, 9.17) is 14.2 Å². The topological polar surface area (TPSA) is 78.9 Å². The second-order valence-corrected chi connectivity index (χ2v) is 23.4. The first-order valence-electron chi connectivity index (χ1n) is 34.9. The average molecular weight is 1120 g/mol. The molecule has 0 aliphatic rings. The number of allylic oxidation sites excluding steroid dienone is 11. The van der Waals surface area contributed by atoms with Crippen LogP contribution in [0.4, 0.5) is 0 Å². The molecule has 1 unspecified atom stereocenters. The van der Waals surface area contributed by atoms with E-state index < -0.39 is 12.1 Å². The predicted octanol–water partition coefficient (Wildman–Crippen LogP) is 24.1. The first kappa shape index (κ1) is 76.9. The lowest BCUT2D eigenvalue weighted by atomic mass is 10.0. The monoisotopic (exact) mass is 1120 g/mol. The highest BCUT2D eigenvalue weighted by atomic mass is 16.6. The Morgan fingerprint density at radius 2 is 0.537 bits per heavy atom. The lowest BCUT2D eigenvalue weighted by Gasteiger charge is -2.18. The number of carbonyl (C=O) groups excluding carboxylic acids is 3. The fourth-order valence-corrected chi connectivity index (χ4v) is 10.3. The van der Waals surface area contributed by atoms with Gasteiger partial charge in [0.15, 0.2) is 6.10 Å². The summed E-state index contributed by atoms with van der Waals surface area (Å²) in [6, 6.07) is 0. The van der Waals surface area contributed by atoms with E-state index in [-0.39, 0.29) is 31.6 Å². The van der Waals surface area contributed by atoms with Crippen molar-refractivity contribution in [1.82, 2.24) is 0 Å². The largest absolute Gasteiger partial charge is 0.462 e. The van der Waals surface area contributed by atoms with Crippen molar-refractivity contribution in [2.45, 2.75) is 367 Å². The maximum atomic E-state index is 12.9. The zero-order valence-corrected chi connectivity index (χ0v) is 53.3. The molecule has 80 heavy (non-hydrogen) atoms. The molecule has 6 heteroatoms. The smallest absolute Gasteiger partial charge is 0.309 e. The van der Waals surface area contributed by atoms with E-state index in [1.54, 1.807) is 0 Å². The second-order valence-electron chi connectivity index (χ2n) is 23.4. The minimum Gasteiger partial charge on any atom is -0.462 e. The van der Waals surface area contributed by atoms with Gasteiger partial charge in [0.05, 0.1) is 6.42 Å². The van der Waals surface area contributed by atoms with Crippen LogP contribution in [0, 0.1) is 0 Å². The Morgan fingerprint density at radius 3 is 0.863 bits per heavy atom. The molecule has 0 spiro atoms. The van der Waals surface area contributed by atoms with Crippen LogP contribution >= 0.6 is 0 Å². The van der Waals surface area contributed by atoms with Gasteiger partial charge in [-0.3, -0.25) is 14.4 Å². The van der Waals surface area contributed by atoms with Crippen LogP contribution in [0.15, 0.2) is 72.9 Å². The Bertz CT molecular complexity index is 1470. The third kappa shape index (κ3) is 65.7. The lowest BCUT2D eigenvalue weighted by molar-refractivity contribution is -0.166. The molecule has 0 aromatic heterocycles. The number of ether oxygens (including phenoxy) is 3. The van der Waals surface area contributed by atoms with Crippen LogP contribution in [0.25, 0.3) is 0 Å². The summed E-state index contributed by atoms with van der Waals surface area (Å²) in [5.41, 5.74) is 0. The normalized spacial score (nSPS) is 12.5. The second kappa shape index (κ2) is 68.3. The minimum absolute atomic E-state index is 0.102. The third-order valence-corrected chi connectivity index (χ3v) is 15.5. The highest BCUT2D eigenvalue weighted by Gasteiger charge is 2.19. The lowest BCUT2D eigenvalue weighted by Crippen LogP contribution is -2.30. The molecular formula is C74H132O6. The molecule has 0 aromatic carbocycles. The maximum absolute atomic E-state index is 12.9. The van der Waals surface area contributed by atoms with E-state index in [0.717, 1.165) is 70.6 Å². The molecule has 0 N–H and O–H groups in total. The van der Waals surface area contributed by atoms with Crippen molar-refractivity contribution in [2.24, 2.45) is 0 Å². The number of hydrogen-bond acceptors (Lipinski definition) is 6. The van der Waals surface area contributed by atoms with Crippen molar-refractivity contribution >= 4 is 17.9 Å². The Hall–Kier alpha value is -3.15. The zero-order valence-electron chi connectivity index (χ0n) is 53.3. The van der Waals surface area contributed by atoms with Gasteiger partial charge in [0.1, 0.15) is 13.2 Å². The fraction of sp³-hybridized carbons (Fsp3) is 0.797. The van der Waals surface area contributed by atoms with Crippen molar-refractivity contribution in [3.05, 3.63) is 72.9 Å². The highest BCUT2D eigenvalue weighted by Crippen LogP contribution is 2.18. The molecule has 464 valence electrons. The number of unbranched alkanes of at least 4 members (excludes halogenated alkanes) is 42. The van der Waals surface area contributed by atoms with Gasteiger partial charge in [0, 0.05) is 12.8 Å². The summed E-state index contributed by atoms with van der Waals surface area (Å²) >= 11 is 0. The Balaban J connectivity index is 4.33. The molecule has 0 aliphatic heterocycles. The van der Waals surface area contributed by atoms with E-state index in [2.05, 4.69) is 81.5 Å². The van der Waals surface area contributed by atoms with Crippen LogP contribution in [0.1, 0.15) is 361 Å². The summed E-state index contributed by atoms with van der Waals surface area (Å²) in [5, 5.41) is 0. The van der Waals surface area contributed by atoms with Crippen LogP contribution < -0.4 is 0 Å². The number of rotatable bonds is 64. The Labute approximate surface area is 497 Å². The molecule has 0 fully saturated rings. The average Bonchev–Trinajstić information content (AvgIpc) is 3.46. The van der Waals surface area contributed by atoms with Gasteiger partial charge in [-0.2, -0.15) is 0 Å². The van der Waals surface area contributed by atoms with Crippen molar-refractivity contribution in [2.75, 3.05) is 13.2 Å². The summed E-state index contributed by atoms with van der Waals surface area (Å²) in [6.07, 6.45) is 89.6. The van der Waals surface area contributed by atoms with Crippen molar-refractivity contribution < 1.29 is 28.6 Å². The standard InChI is InChI=1S/C74H132O6/c1-4-7-10-13-16-19-22-25-28-30-32-34-36-37-38-40-41-43-46-49-52-55-58-61-64-67-73(76)79-70-71(69-78-72(75)66-63-60-57-54-51-48-45-27-24-21-18-15-12-9-6-3)80-74(77)68-65-62-59-56-53-50-47-44-42-39-35-33-31-29-26-23-20-17-14-11-8-5-2/h9,12,18,21,27,30,32,45,51,54,60,63,71H,4-8,10-11,13-17,19-20,22-26,28-29,31,33-44,46-50,52-53,55-59,61-62,64-70H2,1-3H3/b12-9-,21-18-,32-30-,45-27-,54-51-,63-60-. The van der Waals surface area contributed by atoms with Gasteiger partial charge in [-0.25, -0.2) is 0 Å². The number of hydrogen-bond donors (Lipinski definition) is 0. The summed E-state index contributed by atoms with van der Waals surface area (Å²) in [4.78, 5) is 38.3. The molecule has 0 bridgehead atoms. The van der Waals surface area contributed by atoms with E-state index in [1.807, 2.05) is 12.2 Å². The molecule has 0 aromatic rings. The van der Waals surface area contributed by atoms with Gasteiger partial charge in [0.25, 0.3) is 0 Å². The molecular weight excluding hydrogens is 985 g/mol. The number of esters is 3. The van der Waals surface area contributed by atoms with E-state index in [1.165, 1.54) is 250 Å². The summed E-state index contributed by atoms with van der Waals surface area (Å²) in [7, 11) is 0. The quantitative estimate of drug-likeness (QED) is 0.0261. The third-order valence-electron chi connectivity index (χ3n) is 15.5. The first-order valence-corrected chi connectivity index (χ1v) is 34.9.